The van der Waals surface area contributed by atoms with Gasteiger partial charge in [-0.1, -0.05) is 30.3 Å². The lowest BCUT2D eigenvalue weighted by molar-refractivity contribution is 0.477. The van der Waals surface area contributed by atoms with Crippen molar-refractivity contribution in [1.29, 1.82) is 0 Å². The molecule has 0 heterocycles. The van der Waals surface area contributed by atoms with Gasteiger partial charge in [0.05, 0.1) is 0 Å². The minimum Gasteiger partial charge on any atom is -0.507 e. The predicted molar refractivity (Wildman–Crippen MR) is 67.8 cm³/mol. The maximum absolute atomic E-state index is 9.85. The van der Waals surface area contributed by atoms with Crippen molar-refractivity contribution >= 4 is 0 Å². The summed E-state index contributed by atoms with van der Waals surface area (Å²) in [5.41, 5.74) is 5.76. The Labute approximate surface area is 96.4 Å². The molecule has 0 bridgehead atoms. The summed E-state index contributed by atoms with van der Waals surface area (Å²) in [6.07, 6.45) is 0. The van der Waals surface area contributed by atoms with Gasteiger partial charge in [0.1, 0.15) is 5.75 Å². The molecule has 1 heteroatoms. The molecule has 0 fully saturated rings. The maximum atomic E-state index is 9.85. The van der Waals surface area contributed by atoms with Gasteiger partial charge in [-0.15, -0.1) is 0 Å². The van der Waals surface area contributed by atoms with Crippen LogP contribution >= 0.6 is 0 Å². The Morgan fingerprint density at radius 3 is 2.06 bits per heavy atom. The zero-order valence-corrected chi connectivity index (χ0v) is 9.91. The lowest BCUT2D eigenvalue weighted by Gasteiger charge is -2.11. The van der Waals surface area contributed by atoms with Crippen molar-refractivity contribution in [2.45, 2.75) is 20.8 Å². The normalized spacial score (nSPS) is 10.4. The van der Waals surface area contributed by atoms with Crippen LogP contribution in [0.5, 0.6) is 5.75 Å². The molecular weight excluding hydrogens is 196 g/mol. The number of aryl methyl sites for hydroxylation is 3. The van der Waals surface area contributed by atoms with E-state index in [0.717, 1.165) is 11.1 Å². The Hall–Kier alpha value is -1.76. The van der Waals surface area contributed by atoms with Gasteiger partial charge >= 0.3 is 0 Å². The molecule has 0 aliphatic rings. The third kappa shape index (κ3) is 1.81. The number of rotatable bonds is 1. The molecule has 0 saturated carbocycles. The first kappa shape index (κ1) is 10.7. The molecule has 0 atom stereocenters. The fourth-order valence-corrected chi connectivity index (χ4v) is 1.95. The van der Waals surface area contributed by atoms with Crippen molar-refractivity contribution in [2.24, 2.45) is 0 Å². The highest BCUT2D eigenvalue weighted by atomic mass is 16.3. The Morgan fingerprint density at radius 2 is 1.38 bits per heavy atom. The number of phenols is 1. The van der Waals surface area contributed by atoms with Crippen LogP contribution in [0, 0.1) is 20.8 Å². The van der Waals surface area contributed by atoms with E-state index < -0.39 is 0 Å². The van der Waals surface area contributed by atoms with E-state index in [0.29, 0.717) is 5.75 Å². The number of hydrogen-bond acceptors (Lipinski definition) is 1. The quantitative estimate of drug-likeness (QED) is 0.758. The van der Waals surface area contributed by atoms with Crippen molar-refractivity contribution in [3.05, 3.63) is 53.1 Å². The Bertz CT molecular complexity index is 527. The standard InChI is InChI=1S/C15H16O/c1-10-8-12(3)14(9-11(10)2)13-6-4-5-7-15(13)16/h4-9,16H,1-3H3. The Balaban J connectivity index is 2.65. The third-order valence-electron chi connectivity index (χ3n) is 3.03. The van der Waals surface area contributed by atoms with Gasteiger partial charge in [0, 0.05) is 5.56 Å². The summed E-state index contributed by atoms with van der Waals surface area (Å²) in [5.74, 6) is 0.342. The highest BCUT2D eigenvalue weighted by Crippen LogP contribution is 2.32. The lowest BCUT2D eigenvalue weighted by Crippen LogP contribution is -1.89. The second-order valence-electron chi connectivity index (χ2n) is 4.27. The molecule has 0 radical (unpaired) electrons. The molecule has 0 saturated heterocycles. The summed E-state index contributed by atoms with van der Waals surface area (Å²) in [6.45, 7) is 6.28. The minimum absolute atomic E-state index is 0.342. The lowest BCUT2D eigenvalue weighted by atomic mass is 9.95. The SMILES string of the molecule is Cc1cc(C)c(-c2ccccc2O)cc1C. The van der Waals surface area contributed by atoms with Gasteiger partial charge in [0.2, 0.25) is 0 Å². The first-order chi connectivity index (χ1) is 7.59. The van der Waals surface area contributed by atoms with Gasteiger partial charge in [-0.25, -0.2) is 0 Å². The van der Waals surface area contributed by atoms with Gasteiger partial charge < -0.3 is 5.11 Å². The molecule has 1 N–H and O–H groups in total. The molecule has 82 valence electrons. The Morgan fingerprint density at radius 1 is 0.750 bits per heavy atom. The van der Waals surface area contributed by atoms with E-state index >= 15 is 0 Å². The van der Waals surface area contributed by atoms with E-state index in [9.17, 15) is 5.11 Å². The molecule has 0 aliphatic carbocycles. The van der Waals surface area contributed by atoms with Crippen LogP contribution in [0.25, 0.3) is 11.1 Å². The molecule has 2 aromatic rings. The van der Waals surface area contributed by atoms with Gasteiger partial charge in [-0.3, -0.25) is 0 Å². The van der Waals surface area contributed by atoms with Crippen molar-refractivity contribution < 1.29 is 5.11 Å². The van der Waals surface area contributed by atoms with Gasteiger partial charge in [0.25, 0.3) is 0 Å². The molecule has 2 aromatic carbocycles. The van der Waals surface area contributed by atoms with Gasteiger partial charge in [-0.05, 0) is 49.1 Å². The summed E-state index contributed by atoms with van der Waals surface area (Å²) < 4.78 is 0. The van der Waals surface area contributed by atoms with Crippen LogP contribution in [-0.4, -0.2) is 5.11 Å². The molecule has 0 spiro atoms. The van der Waals surface area contributed by atoms with Crippen LogP contribution in [0.15, 0.2) is 36.4 Å². The van der Waals surface area contributed by atoms with Crippen molar-refractivity contribution in [3.8, 4) is 16.9 Å². The fourth-order valence-electron chi connectivity index (χ4n) is 1.95. The Kier molecular flexibility index (Phi) is 2.69. The van der Waals surface area contributed by atoms with Gasteiger partial charge in [-0.2, -0.15) is 0 Å². The van der Waals surface area contributed by atoms with Gasteiger partial charge in [0.15, 0.2) is 0 Å². The van der Waals surface area contributed by atoms with E-state index in [1.807, 2.05) is 18.2 Å². The third-order valence-corrected chi connectivity index (χ3v) is 3.03. The number of hydrogen-bond donors (Lipinski definition) is 1. The molecule has 0 unspecified atom stereocenters. The minimum atomic E-state index is 0.342. The number of para-hydroxylation sites is 1. The summed E-state index contributed by atoms with van der Waals surface area (Å²) in [5, 5.41) is 9.85. The average molecular weight is 212 g/mol. The van der Waals surface area contributed by atoms with E-state index in [1.165, 1.54) is 16.7 Å². The molecule has 0 amide bonds. The molecule has 2 rings (SSSR count). The van der Waals surface area contributed by atoms with Crippen molar-refractivity contribution in [2.75, 3.05) is 0 Å². The number of benzene rings is 2. The maximum Gasteiger partial charge on any atom is 0.123 e. The first-order valence-electron chi connectivity index (χ1n) is 5.46. The highest BCUT2D eigenvalue weighted by molar-refractivity contribution is 5.73. The van der Waals surface area contributed by atoms with Crippen molar-refractivity contribution in [1.82, 2.24) is 0 Å². The van der Waals surface area contributed by atoms with Crippen LogP contribution in [0.3, 0.4) is 0 Å². The van der Waals surface area contributed by atoms with Crippen LogP contribution < -0.4 is 0 Å². The number of aromatic hydroxyl groups is 1. The topological polar surface area (TPSA) is 20.2 Å². The first-order valence-corrected chi connectivity index (χ1v) is 5.46. The molecule has 16 heavy (non-hydrogen) atoms. The van der Waals surface area contributed by atoms with E-state index in [2.05, 4.69) is 32.9 Å². The second-order valence-corrected chi connectivity index (χ2v) is 4.27. The van der Waals surface area contributed by atoms with E-state index in [-0.39, 0.29) is 0 Å². The second kappa shape index (κ2) is 4.01. The monoisotopic (exact) mass is 212 g/mol. The predicted octanol–water partition coefficient (Wildman–Crippen LogP) is 3.98. The van der Waals surface area contributed by atoms with E-state index in [4.69, 9.17) is 0 Å². The average Bonchev–Trinajstić information content (AvgIpc) is 2.25. The van der Waals surface area contributed by atoms with Crippen LogP contribution in [-0.2, 0) is 0 Å². The van der Waals surface area contributed by atoms with Crippen LogP contribution in [0.1, 0.15) is 16.7 Å². The summed E-state index contributed by atoms with van der Waals surface area (Å²) in [6, 6.07) is 11.8. The summed E-state index contributed by atoms with van der Waals surface area (Å²) in [4.78, 5) is 0. The molecular formula is C15H16O. The highest BCUT2D eigenvalue weighted by Gasteiger charge is 2.07. The molecule has 0 aromatic heterocycles. The smallest absolute Gasteiger partial charge is 0.123 e. The zero-order valence-electron chi connectivity index (χ0n) is 9.91. The molecule has 1 nitrogen and oxygen atoms in total. The summed E-state index contributed by atoms with van der Waals surface area (Å²) in [7, 11) is 0. The van der Waals surface area contributed by atoms with Crippen LogP contribution in [0.2, 0.25) is 0 Å². The zero-order chi connectivity index (χ0) is 11.7. The number of phenolic OH excluding ortho intramolecular Hbond substituents is 1. The molecule has 0 aliphatic heterocycles. The largest absolute Gasteiger partial charge is 0.507 e. The fraction of sp³-hybridized carbons (Fsp3) is 0.200. The van der Waals surface area contributed by atoms with E-state index in [1.54, 1.807) is 6.07 Å². The summed E-state index contributed by atoms with van der Waals surface area (Å²) >= 11 is 0. The van der Waals surface area contributed by atoms with Crippen LogP contribution in [0.4, 0.5) is 0 Å². The van der Waals surface area contributed by atoms with Crippen molar-refractivity contribution in [3.63, 3.8) is 0 Å².